The van der Waals surface area contributed by atoms with Crippen LogP contribution in [-0.2, 0) is 6.54 Å². The van der Waals surface area contributed by atoms with Crippen molar-refractivity contribution in [2.45, 2.75) is 45.7 Å². The lowest BCUT2D eigenvalue weighted by atomic mass is 10.1. The van der Waals surface area contributed by atoms with Gasteiger partial charge in [0.1, 0.15) is 0 Å². The van der Waals surface area contributed by atoms with Crippen LogP contribution in [0.5, 0.6) is 0 Å². The minimum atomic E-state index is 0.654. The summed E-state index contributed by atoms with van der Waals surface area (Å²) in [6.07, 6.45) is 3.71. The molecule has 3 heteroatoms. The van der Waals surface area contributed by atoms with E-state index in [-0.39, 0.29) is 0 Å². The Morgan fingerprint density at radius 1 is 1.43 bits per heavy atom. The number of nitrogens with one attached hydrogen (secondary N) is 1. The Balaban J connectivity index is 2.31. The van der Waals surface area contributed by atoms with Gasteiger partial charge in [-0.3, -0.25) is 0 Å². The second kappa shape index (κ2) is 6.44. The van der Waals surface area contributed by atoms with Gasteiger partial charge in [0.15, 0.2) is 0 Å². The summed E-state index contributed by atoms with van der Waals surface area (Å²) in [6.45, 7) is 5.41. The highest BCUT2D eigenvalue weighted by Crippen LogP contribution is 2.21. The fourth-order valence-electron chi connectivity index (χ4n) is 1.49. The molecule has 0 spiro atoms. The van der Waals surface area contributed by atoms with Crippen LogP contribution in [0, 0.1) is 0 Å². The first-order valence-electron chi connectivity index (χ1n) is 5.23. The van der Waals surface area contributed by atoms with E-state index in [0.29, 0.717) is 6.04 Å². The van der Waals surface area contributed by atoms with Gasteiger partial charge in [0, 0.05) is 17.5 Å². The molecule has 0 saturated carbocycles. The molecular weight excluding hydrogens is 214 g/mol. The maximum absolute atomic E-state index is 5.86. The van der Waals surface area contributed by atoms with Crippen LogP contribution in [0.4, 0.5) is 0 Å². The number of hydrogen-bond acceptors (Lipinski definition) is 2. The first kappa shape index (κ1) is 12.0. The number of halogens is 1. The van der Waals surface area contributed by atoms with Crippen LogP contribution < -0.4 is 5.32 Å². The van der Waals surface area contributed by atoms with Crippen molar-refractivity contribution in [3.05, 3.63) is 21.3 Å². The van der Waals surface area contributed by atoms with Crippen molar-refractivity contribution >= 4 is 22.9 Å². The van der Waals surface area contributed by atoms with Gasteiger partial charge in [0.05, 0.1) is 4.34 Å². The van der Waals surface area contributed by atoms with Crippen molar-refractivity contribution in [3.8, 4) is 0 Å². The topological polar surface area (TPSA) is 12.0 Å². The molecule has 0 aliphatic carbocycles. The molecule has 0 aromatic carbocycles. The van der Waals surface area contributed by atoms with Crippen molar-refractivity contribution in [3.63, 3.8) is 0 Å². The number of rotatable bonds is 6. The summed E-state index contributed by atoms with van der Waals surface area (Å²) in [6, 6.07) is 4.71. The van der Waals surface area contributed by atoms with Gasteiger partial charge < -0.3 is 5.32 Å². The Hall–Kier alpha value is -0.0500. The summed E-state index contributed by atoms with van der Waals surface area (Å²) in [7, 11) is 0. The fourth-order valence-corrected chi connectivity index (χ4v) is 2.53. The van der Waals surface area contributed by atoms with Gasteiger partial charge in [0.2, 0.25) is 0 Å². The molecule has 1 N–H and O–H groups in total. The lowest BCUT2D eigenvalue weighted by Crippen LogP contribution is -2.27. The van der Waals surface area contributed by atoms with E-state index in [1.807, 2.05) is 6.07 Å². The zero-order valence-electron chi connectivity index (χ0n) is 8.85. The van der Waals surface area contributed by atoms with Crippen molar-refractivity contribution in [1.29, 1.82) is 0 Å². The van der Waals surface area contributed by atoms with Crippen molar-refractivity contribution in [2.75, 3.05) is 0 Å². The van der Waals surface area contributed by atoms with Crippen LogP contribution in [0.25, 0.3) is 0 Å². The maximum atomic E-state index is 5.86. The molecule has 1 aromatic rings. The first-order chi connectivity index (χ1) is 6.76. The second-order valence-corrected chi connectivity index (χ2v) is 5.28. The van der Waals surface area contributed by atoms with Gasteiger partial charge in [-0.15, -0.1) is 11.3 Å². The first-order valence-corrected chi connectivity index (χ1v) is 6.43. The molecule has 0 bridgehead atoms. The lowest BCUT2D eigenvalue weighted by molar-refractivity contribution is 0.464. The molecule has 0 fully saturated rings. The van der Waals surface area contributed by atoms with Gasteiger partial charge in [-0.25, -0.2) is 0 Å². The predicted molar refractivity (Wildman–Crippen MR) is 65.2 cm³/mol. The third kappa shape index (κ3) is 3.99. The van der Waals surface area contributed by atoms with Gasteiger partial charge >= 0.3 is 0 Å². The molecule has 0 aliphatic heterocycles. The minimum Gasteiger partial charge on any atom is -0.309 e. The van der Waals surface area contributed by atoms with Gasteiger partial charge in [-0.2, -0.15) is 0 Å². The molecule has 1 aromatic heterocycles. The highest BCUT2D eigenvalue weighted by molar-refractivity contribution is 7.16. The quantitative estimate of drug-likeness (QED) is 0.778. The van der Waals surface area contributed by atoms with E-state index in [0.717, 1.165) is 10.9 Å². The highest BCUT2D eigenvalue weighted by Gasteiger charge is 2.04. The van der Waals surface area contributed by atoms with E-state index in [2.05, 4.69) is 25.2 Å². The van der Waals surface area contributed by atoms with Crippen LogP contribution in [0.1, 0.15) is 38.0 Å². The smallest absolute Gasteiger partial charge is 0.0931 e. The Kier molecular flexibility index (Phi) is 5.53. The van der Waals surface area contributed by atoms with E-state index in [9.17, 15) is 0 Å². The number of thiophene rings is 1. The van der Waals surface area contributed by atoms with Crippen molar-refractivity contribution < 1.29 is 0 Å². The van der Waals surface area contributed by atoms with E-state index in [1.165, 1.54) is 24.1 Å². The highest BCUT2D eigenvalue weighted by atomic mass is 35.5. The zero-order chi connectivity index (χ0) is 10.4. The summed E-state index contributed by atoms with van der Waals surface area (Å²) in [5.74, 6) is 0. The lowest BCUT2D eigenvalue weighted by Gasteiger charge is -2.14. The summed E-state index contributed by atoms with van der Waals surface area (Å²) in [5.41, 5.74) is 0. The third-order valence-electron chi connectivity index (χ3n) is 2.32. The monoisotopic (exact) mass is 231 g/mol. The van der Waals surface area contributed by atoms with E-state index in [1.54, 1.807) is 11.3 Å². The van der Waals surface area contributed by atoms with Crippen LogP contribution >= 0.6 is 22.9 Å². The molecule has 14 heavy (non-hydrogen) atoms. The maximum Gasteiger partial charge on any atom is 0.0931 e. The Labute approximate surface area is 95.5 Å². The Bertz CT molecular complexity index is 260. The Morgan fingerprint density at radius 3 is 2.71 bits per heavy atom. The molecule has 0 saturated heterocycles. The van der Waals surface area contributed by atoms with Crippen LogP contribution in [0.2, 0.25) is 4.34 Å². The van der Waals surface area contributed by atoms with Crippen LogP contribution in [0.3, 0.4) is 0 Å². The van der Waals surface area contributed by atoms with E-state index in [4.69, 9.17) is 11.6 Å². The van der Waals surface area contributed by atoms with Gasteiger partial charge in [-0.05, 0) is 25.0 Å². The molecule has 0 aliphatic rings. The molecule has 1 atom stereocenters. The fraction of sp³-hybridized carbons (Fsp3) is 0.636. The predicted octanol–water partition coefficient (Wildman–Crippen LogP) is 4.07. The SMILES string of the molecule is CCCC(CC)NCc1ccc(Cl)s1. The summed E-state index contributed by atoms with van der Waals surface area (Å²) in [4.78, 5) is 1.32. The van der Waals surface area contributed by atoms with Crippen molar-refractivity contribution in [2.24, 2.45) is 0 Å². The van der Waals surface area contributed by atoms with Gasteiger partial charge in [-0.1, -0.05) is 31.9 Å². The molecular formula is C11H18ClNS. The minimum absolute atomic E-state index is 0.654. The largest absolute Gasteiger partial charge is 0.309 e. The van der Waals surface area contributed by atoms with E-state index < -0.39 is 0 Å². The Morgan fingerprint density at radius 2 is 2.21 bits per heavy atom. The van der Waals surface area contributed by atoms with Crippen LogP contribution in [0.15, 0.2) is 12.1 Å². The molecule has 1 nitrogen and oxygen atoms in total. The summed E-state index contributed by atoms with van der Waals surface area (Å²) >= 11 is 7.52. The molecule has 1 heterocycles. The normalized spacial score (nSPS) is 13.1. The van der Waals surface area contributed by atoms with E-state index >= 15 is 0 Å². The van der Waals surface area contributed by atoms with Gasteiger partial charge in [0.25, 0.3) is 0 Å². The average Bonchev–Trinajstić information content (AvgIpc) is 2.59. The van der Waals surface area contributed by atoms with Crippen LogP contribution in [-0.4, -0.2) is 6.04 Å². The standard InChI is InChI=1S/C11H18ClNS/c1-3-5-9(4-2)13-8-10-6-7-11(12)14-10/h6-7,9,13H,3-5,8H2,1-2H3. The zero-order valence-corrected chi connectivity index (χ0v) is 10.4. The number of hydrogen-bond donors (Lipinski definition) is 1. The molecule has 0 radical (unpaired) electrons. The third-order valence-corrected chi connectivity index (χ3v) is 3.55. The molecule has 0 amide bonds. The molecule has 1 rings (SSSR count). The summed E-state index contributed by atoms with van der Waals surface area (Å²) < 4.78 is 0.880. The van der Waals surface area contributed by atoms with Crippen molar-refractivity contribution in [1.82, 2.24) is 5.32 Å². The average molecular weight is 232 g/mol. The second-order valence-electron chi connectivity index (χ2n) is 3.48. The summed E-state index contributed by atoms with van der Waals surface area (Å²) in [5, 5.41) is 3.55. The molecule has 1 unspecified atom stereocenters. The molecule has 80 valence electrons.